The van der Waals surface area contributed by atoms with Crippen molar-refractivity contribution in [3.8, 4) is 0 Å². The van der Waals surface area contributed by atoms with Gasteiger partial charge in [0.1, 0.15) is 10.9 Å². The van der Waals surface area contributed by atoms with Gasteiger partial charge in [0.2, 0.25) is 0 Å². The highest BCUT2D eigenvalue weighted by atomic mass is 32.2. The van der Waals surface area contributed by atoms with Gasteiger partial charge in [-0.1, -0.05) is 43.8 Å². The molecule has 0 aliphatic heterocycles. The standard InChI is InChI=1S/C15H19N3O2S/c1-10(2)13-14(21-11-7-5-4-6-8-11)17-12(18(13)3)9-20-15(16)19/h4-8,10H,9H2,1-3H3,(H2,16,19). The molecule has 1 aromatic heterocycles. The van der Waals surface area contributed by atoms with E-state index in [1.54, 1.807) is 11.8 Å². The van der Waals surface area contributed by atoms with Crippen molar-refractivity contribution >= 4 is 17.9 Å². The molecule has 0 bridgehead atoms. The van der Waals surface area contributed by atoms with E-state index in [0.717, 1.165) is 15.6 Å². The Bertz CT molecular complexity index is 623. The van der Waals surface area contributed by atoms with Crippen molar-refractivity contribution in [3.63, 3.8) is 0 Å². The number of carbonyl (C=O) groups is 1. The number of ether oxygens (including phenoxy) is 1. The first-order valence-electron chi connectivity index (χ1n) is 6.69. The molecule has 0 saturated carbocycles. The average molecular weight is 305 g/mol. The van der Waals surface area contributed by atoms with E-state index in [9.17, 15) is 4.79 Å². The van der Waals surface area contributed by atoms with E-state index in [0.29, 0.717) is 11.7 Å². The zero-order valence-corrected chi connectivity index (χ0v) is 13.2. The summed E-state index contributed by atoms with van der Waals surface area (Å²) in [5.74, 6) is 1.01. The molecule has 2 N–H and O–H groups in total. The Balaban J connectivity index is 2.31. The number of imidazole rings is 1. The minimum absolute atomic E-state index is 0.0842. The molecule has 0 aliphatic carbocycles. The van der Waals surface area contributed by atoms with E-state index in [4.69, 9.17) is 10.5 Å². The lowest BCUT2D eigenvalue weighted by molar-refractivity contribution is 0.146. The topological polar surface area (TPSA) is 70.1 Å². The highest BCUT2D eigenvalue weighted by molar-refractivity contribution is 7.99. The summed E-state index contributed by atoms with van der Waals surface area (Å²) >= 11 is 1.61. The Morgan fingerprint density at radius 3 is 2.62 bits per heavy atom. The Labute approximate surface area is 128 Å². The van der Waals surface area contributed by atoms with Crippen molar-refractivity contribution in [3.05, 3.63) is 41.9 Å². The molecule has 0 fully saturated rings. The number of nitrogens with two attached hydrogens (primary N) is 1. The fourth-order valence-electron chi connectivity index (χ4n) is 2.11. The predicted molar refractivity (Wildman–Crippen MR) is 82.2 cm³/mol. The van der Waals surface area contributed by atoms with Crippen molar-refractivity contribution in [2.75, 3.05) is 0 Å². The maximum absolute atomic E-state index is 10.8. The fourth-order valence-corrected chi connectivity index (χ4v) is 3.25. The van der Waals surface area contributed by atoms with Gasteiger partial charge >= 0.3 is 6.09 Å². The summed E-state index contributed by atoms with van der Waals surface area (Å²) in [7, 11) is 1.93. The van der Waals surface area contributed by atoms with Gasteiger partial charge in [0.05, 0.1) is 5.69 Å². The van der Waals surface area contributed by atoms with Crippen LogP contribution in [0.5, 0.6) is 0 Å². The largest absolute Gasteiger partial charge is 0.442 e. The van der Waals surface area contributed by atoms with Gasteiger partial charge in [-0.2, -0.15) is 0 Å². The first-order valence-corrected chi connectivity index (χ1v) is 7.51. The quantitative estimate of drug-likeness (QED) is 0.920. The van der Waals surface area contributed by atoms with Crippen LogP contribution in [0.15, 0.2) is 40.3 Å². The first kappa shape index (κ1) is 15.4. The summed E-state index contributed by atoms with van der Waals surface area (Å²) in [5.41, 5.74) is 6.13. The van der Waals surface area contributed by atoms with Crippen LogP contribution >= 0.6 is 11.8 Å². The molecule has 2 rings (SSSR count). The molecule has 5 nitrogen and oxygen atoms in total. The number of primary amides is 1. The van der Waals surface area contributed by atoms with Gasteiger partial charge in [0.25, 0.3) is 0 Å². The molecule has 6 heteroatoms. The molecule has 112 valence electrons. The molecule has 0 spiro atoms. The third-order valence-corrected chi connectivity index (χ3v) is 4.05. The number of amides is 1. The maximum atomic E-state index is 10.8. The van der Waals surface area contributed by atoms with Crippen LogP contribution in [0.2, 0.25) is 0 Å². The van der Waals surface area contributed by atoms with Crippen molar-refractivity contribution in [1.82, 2.24) is 9.55 Å². The van der Waals surface area contributed by atoms with Crippen LogP contribution in [0.3, 0.4) is 0 Å². The molecule has 0 atom stereocenters. The minimum atomic E-state index is -0.790. The van der Waals surface area contributed by atoms with E-state index >= 15 is 0 Å². The molecule has 0 unspecified atom stereocenters. The average Bonchev–Trinajstić information content (AvgIpc) is 2.73. The van der Waals surface area contributed by atoms with Crippen LogP contribution < -0.4 is 5.73 Å². The molecule has 21 heavy (non-hydrogen) atoms. The summed E-state index contributed by atoms with van der Waals surface area (Å²) in [5, 5.41) is 0.932. The zero-order valence-electron chi connectivity index (χ0n) is 12.4. The van der Waals surface area contributed by atoms with E-state index in [1.165, 1.54) is 0 Å². The van der Waals surface area contributed by atoms with Crippen molar-refractivity contribution < 1.29 is 9.53 Å². The zero-order chi connectivity index (χ0) is 15.4. The van der Waals surface area contributed by atoms with E-state index in [-0.39, 0.29) is 6.61 Å². The third-order valence-electron chi connectivity index (χ3n) is 3.05. The lowest BCUT2D eigenvalue weighted by Crippen LogP contribution is -2.14. The Morgan fingerprint density at radius 1 is 1.38 bits per heavy atom. The molecule has 1 amide bonds. The number of hydrogen-bond acceptors (Lipinski definition) is 4. The SMILES string of the molecule is CC(C)c1c(Sc2ccccc2)nc(COC(N)=O)n1C. The number of hydrogen-bond donors (Lipinski definition) is 1. The van der Waals surface area contributed by atoms with Crippen LogP contribution in [-0.2, 0) is 18.4 Å². The van der Waals surface area contributed by atoms with Crippen LogP contribution in [0.25, 0.3) is 0 Å². The molecule has 0 radical (unpaired) electrons. The highest BCUT2D eigenvalue weighted by Crippen LogP contribution is 2.33. The van der Waals surface area contributed by atoms with Crippen molar-refractivity contribution in [2.45, 2.75) is 36.3 Å². The van der Waals surface area contributed by atoms with E-state index in [1.807, 2.05) is 41.9 Å². The molecule has 0 aliphatic rings. The van der Waals surface area contributed by atoms with Crippen LogP contribution in [0.1, 0.15) is 31.3 Å². The molecule has 1 aromatic carbocycles. The molecular formula is C15H19N3O2S. The van der Waals surface area contributed by atoms with Gasteiger partial charge in [-0.25, -0.2) is 9.78 Å². The minimum Gasteiger partial charge on any atom is -0.442 e. The smallest absolute Gasteiger partial charge is 0.404 e. The predicted octanol–water partition coefficient (Wildman–Crippen LogP) is 3.29. The van der Waals surface area contributed by atoms with Gasteiger partial charge in [-0.05, 0) is 18.1 Å². The van der Waals surface area contributed by atoms with Gasteiger partial charge in [-0.3, -0.25) is 0 Å². The highest BCUT2D eigenvalue weighted by Gasteiger charge is 2.19. The third kappa shape index (κ3) is 3.78. The second kappa shape index (κ2) is 6.67. The second-order valence-electron chi connectivity index (χ2n) is 4.95. The summed E-state index contributed by atoms with van der Waals surface area (Å²) in [6.07, 6.45) is -0.790. The van der Waals surface area contributed by atoms with Gasteiger partial charge < -0.3 is 15.0 Å². The molecule has 0 saturated heterocycles. The van der Waals surface area contributed by atoms with Crippen LogP contribution in [0.4, 0.5) is 4.79 Å². The Kier molecular flexibility index (Phi) is 4.90. The summed E-state index contributed by atoms with van der Waals surface area (Å²) < 4.78 is 6.82. The maximum Gasteiger partial charge on any atom is 0.404 e. The van der Waals surface area contributed by atoms with Crippen LogP contribution in [-0.4, -0.2) is 15.6 Å². The molecular weight excluding hydrogens is 286 g/mol. The summed E-state index contributed by atoms with van der Waals surface area (Å²) in [4.78, 5) is 16.5. The Hall–Kier alpha value is -1.95. The number of carbonyl (C=O) groups excluding carboxylic acids is 1. The number of benzene rings is 1. The van der Waals surface area contributed by atoms with Gasteiger partial charge in [0.15, 0.2) is 6.61 Å². The monoisotopic (exact) mass is 305 g/mol. The van der Waals surface area contributed by atoms with E-state index < -0.39 is 6.09 Å². The fraction of sp³-hybridized carbons (Fsp3) is 0.333. The van der Waals surface area contributed by atoms with E-state index in [2.05, 4.69) is 18.8 Å². The van der Waals surface area contributed by atoms with Crippen molar-refractivity contribution in [1.29, 1.82) is 0 Å². The number of nitrogens with zero attached hydrogens (tertiary/aromatic N) is 2. The lowest BCUT2D eigenvalue weighted by atomic mass is 10.1. The normalized spacial score (nSPS) is 10.9. The van der Waals surface area contributed by atoms with Crippen molar-refractivity contribution in [2.24, 2.45) is 12.8 Å². The number of aromatic nitrogens is 2. The van der Waals surface area contributed by atoms with Crippen LogP contribution in [0, 0.1) is 0 Å². The first-order chi connectivity index (χ1) is 9.99. The second-order valence-corrected chi connectivity index (χ2v) is 6.02. The number of rotatable bonds is 5. The molecule has 2 aromatic rings. The van der Waals surface area contributed by atoms with Gasteiger partial charge in [0, 0.05) is 11.9 Å². The molecule has 1 heterocycles. The Morgan fingerprint density at radius 2 is 2.05 bits per heavy atom. The van der Waals surface area contributed by atoms with Gasteiger partial charge in [-0.15, -0.1) is 0 Å². The lowest BCUT2D eigenvalue weighted by Gasteiger charge is -2.10. The summed E-state index contributed by atoms with van der Waals surface area (Å²) in [6, 6.07) is 10.1. The summed E-state index contributed by atoms with van der Waals surface area (Å²) in [6.45, 7) is 4.32.